The van der Waals surface area contributed by atoms with Crippen LogP contribution in [0, 0.1) is 0 Å². The third-order valence-corrected chi connectivity index (χ3v) is 4.12. The molecule has 0 spiro atoms. The number of benzene rings is 1. The Morgan fingerprint density at radius 1 is 1.37 bits per heavy atom. The molecule has 1 aromatic carbocycles. The zero-order valence-electron chi connectivity index (χ0n) is 11.5. The van der Waals surface area contributed by atoms with E-state index in [1.807, 2.05) is 30.3 Å². The summed E-state index contributed by atoms with van der Waals surface area (Å²) in [5, 5.41) is 0. The van der Waals surface area contributed by atoms with Crippen LogP contribution in [0.3, 0.4) is 0 Å². The maximum Gasteiger partial charge on any atom is 0.243 e. The van der Waals surface area contributed by atoms with Crippen molar-refractivity contribution in [1.29, 1.82) is 0 Å². The van der Waals surface area contributed by atoms with Crippen LogP contribution in [0.5, 0.6) is 0 Å². The minimum absolute atomic E-state index is 0.458. The first-order valence-corrected chi connectivity index (χ1v) is 6.92. The van der Waals surface area contributed by atoms with Gasteiger partial charge < -0.3 is 11.5 Å². The summed E-state index contributed by atoms with van der Waals surface area (Å²) < 4.78 is 0. The van der Waals surface area contributed by atoms with Crippen LogP contribution < -0.4 is 11.5 Å². The van der Waals surface area contributed by atoms with Crippen molar-refractivity contribution in [3.05, 3.63) is 35.9 Å². The summed E-state index contributed by atoms with van der Waals surface area (Å²) >= 11 is 0. The van der Waals surface area contributed by atoms with E-state index in [0.29, 0.717) is 12.6 Å². The Bertz CT molecular complexity index is 434. The smallest absolute Gasteiger partial charge is 0.243 e. The summed E-state index contributed by atoms with van der Waals surface area (Å²) in [5.41, 5.74) is 11.6. The van der Waals surface area contributed by atoms with Gasteiger partial charge in [-0.25, -0.2) is 0 Å². The Labute approximate surface area is 114 Å². The molecular weight excluding hydrogens is 238 g/mol. The number of primary amides is 1. The second-order valence-electron chi connectivity index (χ2n) is 5.52. The second kappa shape index (κ2) is 5.72. The predicted octanol–water partition coefficient (Wildman–Crippen LogP) is 1.20. The van der Waals surface area contributed by atoms with Crippen LogP contribution in [0.2, 0.25) is 0 Å². The monoisotopic (exact) mass is 261 g/mol. The van der Waals surface area contributed by atoms with Crippen LogP contribution in [0.4, 0.5) is 0 Å². The molecule has 0 saturated carbocycles. The van der Waals surface area contributed by atoms with Gasteiger partial charge in [0.15, 0.2) is 0 Å². The van der Waals surface area contributed by atoms with Gasteiger partial charge in [-0.1, -0.05) is 36.8 Å². The lowest BCUT2D eigenvalue weighted by molar-refractivity contribution is -0.124. The van der Waals surface area contributed by atoms with Gasteiger partial charge in [-0.2, -0.15) is 0 Å². The average Bonchev–Trinajstić information content (AvgIpc) is 2.42. The number of hydrogen-bond acceptors (Lipinski definition) is 3. The van der Waals surface area contributed by atoms with Gasteiger partial charge in [-0.3, -0.25) is 9.69 Å². The molecule has 0 radical (unpaired) electrons. The van der Waals surface area contributed by atoms with E-state index in [9.17, 15) is 4.79 Å². The molecule has 1 saturated heterocycles. The number of likely N-dealkylation sites (tertiary alicyclic amines) is 1. The Hall–Kier alpha value is -1.39. The molecule has 1 heterocycles. The van der Waals surface area contributed by atoms with E-state index in [2.05, 4.69) is 11.8 Å². The van der Waals surface area contributed by atoms with Crippen LogP contribution in [-0.4, -0.2) is 29.9 Å². The summed E-state index contributed by atoms with van der Waals surface area (Å²) in [6.45, 7) is 3.67. The number of carbonyl (C=O) groups is 1. The molecule has 104 valence electrons. The van der Waals surface area contributed by atoms with Gasteiger partial charge in [-0.05, 0) is 31.9 Å². The first-order valence-electron chi connectivity index (χ1n) is 6.92. The van der Waals surface area contributed by atoms with Crippen molar-refractivity contribution in [3.63, 3.8) is 0 Å². The van der Waals surface area contributed by atoms with Crippen molar-refractivity contribution in [2.45, 2.75) is 37.8 Å². The Morgan fingerprint density at radius 2 is 2.05 bits per heavy atom. The van der Waals surface area contributed by atoms with E-state index in [4.69, 9.17) is 11.5 Å². The largest absolute Gasteiger partial charge is 0.368 e. The maximum absolute atomic E-state index is 11.9. The number of amides is 1. The first kappa shape index (κ1) is 14.0. The van der Waals surface area contributed by atoms with Crippen LogP contribution >= 0.6 is 0 Å². The Morgan fingerprint density at radius 3 is 2.63 bits per heavy atom. The molecule has 1 amide bonds. The second-order valence-corrected chi connectivity index (χ2v) is 5.52. The molecule has 1 aromatic rings. The molecule has 2 unspecified atom stereocenters. The highest BCUT2D eigenvalue weighted by Crippen LogP contribution is 2.24. The molecular formula is C15H23N3O. The van der Waals surface area contributed by atoms with Crippen LogP contribution in [0.1, 0.15) is 31.7 Å². The van der Waals surface area contributed by atoms with Gasteiger partial charge in [0.25, 0.3) is 0 Å². The van der Waals surface area contributed by atoms with Crippen LogP contribution in [0.25, 0.3) is 0 Å². The van der Waals surface area contributed by atoms with E-state index in [-0.39, 0.29) is 0 Å². The fourth-order valence-electron chi connectivity index (χ4n) is 2.76. The van der Waals surface area contributed by atoms with Crippen LogP contribution in [-0.2, 0) is 10.3 Å². The summed E-state index contributed by atoms with van der Waals surface area (Å²) in [7, 11) is 0. The van der Waals surface area contributed by atoms with Gasteiger partial charge in [0, 0.05) is 12.6 Å². The van der Waals surface area contributed by atoms with Gasteiger partial charge in [0.2, 0.25) is 5.91 Å². The highest BCUT2D eigenvalue weighted by atomic mass is 16.1. The summed E-state index contributed by atoms with van der Waals surface area (Å²) in [6, 6.07) is 9.89. The van der Waals surface area contributed by atoms with Gasteiger partial charge >= 0.3 is 0 Å². The number of nitrogens with zero attached hydrogens (tertiary/aromatic N) is 1. The van der Waals surface area contributed by atoms with Gasteiger partial charge in [-0.15, -0.1) is 0 Å². The maximum atomic E-state index is 11.9. The quantitative estimate of drug-likeness (QED) is 0.855. The topological polar surface area (TPSA) is 72.3 Å². The third-order valence-electron chi connectivity index (χ3n) is 4.12. The van der Waals surface area contributed by atoms with Crippen molar-refractivity contribution >= 4 is 5.91 Å². The van der Waals surface area contributed by atoms with Crippen molar-refractivity contribution in [1.82, 2.24) is 4.90 Å². The van der Waals surface area contributed by atoms with E-state index in [1.165, 1.54) is 6.42 Å². The Balaban J connectivity index is 2.23. The standard InChI is InChI=1S/C15H23N3O/c1-12-7-5-6-10-18(12)11-15(17,14(16)19)13-8-3-2-4-9-13/h2-4,8-9,12H,5-7,10-11,17H2,1H3,(H2,16,19). The molecule has 0 bridgehead atoms. The van der Waals surface area contributed by atoms with E-state index < -0.39 is 11.4 Å². The average molecular weight is 261 g/mol. The number of nitrogens with two attached hydrogens (primary N) is 2. The first-order chi connectivity index (χ1) is 9.04. The Kier molecular flexibility index (Phi) is 4.22. The summed E-state index contributed by atoms with van der Waals surface area (Å²) in [5.74, 6) is -0.462. The summed E-state index contributed by atoms with van der Waals surface area (Å²) in [4.78, 5) is 14.2. The molecule has 1 aliphatic rings. The van der Waals surface area contributed by atoms with E-state index in [0.717, 1.165) is 24.9 Å². The minimum atomic E-state index is -1.10. The fourth-order valence-corrected chi connectivity index (χ4v) is 2.76. The van der Waals surface area contributed by atoms with Crippen molar-refractivity contribution in [2.75, 3.05) is 13.1 Å². The number of hydrogen-bond donors (Lipinski definition) is 2. The molecule has 2 rings (SSSR count). The van der Waals surface area contributed by atoms with E-state index in [1.54, 1.807) is 0 Å². The van der Waals surface area contributed by atoms with Crippen molar-refractivity contribution < 1.29 is 4.79 Å². The lowest BCUT2D eigenvalue weighted by Gasteiger charge is -2.39. The molecule has 2 atom stereocenters. The third kappa shape index (κ3) is 2.96. The van der Waals surface area contributed by atoms with Gasteiger partial charge in [0.1, 0.15) is 5.54 Å². The molecule has 19 heavy (non-hydrogen) atoms. The highest BCUT2D eigenvalue weighted by molar-refractivity contribution is 5.86. The van der Waals surface area contributed by atoms with Crippen molar-refractivity contribution in [3.8, 4) is 0 Å². The molecule has 1 fully saturated rings. The van der Waals surface area contributed by atoms with E-state index >= 15 is 0 Å². The SMILES string of the molecule is CC1CCCCN1CC(N)(C(N)=O)c1ccccc1. The molecule has 1 aliphatic heterocycles. The van der Waals surface area contributed by atoms with Crippen LogP contribution in [0.15, 0.2) is 30.3 Å². The zero-order valence-corrected chi connectivity index (χ0v) is 11.5. The van der Waals surface area contributed by atoms with Crippen molar-refractivity contribution in [2.24, 2.45) is 11.5 Å². The molecule has 4 heteroatoms. The molecule has 4 nitrogen and oxygen atoms in total. The zero-order chi connectivity index (χ0) is 13.9. The lowest BCUT2D eigenvalue weighted by Crippen LogP contribution is -2.58. The highest BCUT2D eigenvalue weighted by Gasteiger charge is 2.37. The number of piperidine rings is 1. The molecule has 0 aliphatic carbocycles. The minimum Gasteiger partial charge on any atom is -0.368 e. The predicted molar refractivity (Wildman–Crippen MR) is 76.4 cm³/mol. The molecule has 0 aromatic heterocycles. The lowest BCUT2D eigenvalue weighted by atomic mass is 9.88. The van der Waals surface area contributed by atoms with Gasteiger partial charge in [0.05, 0.1) is 0 Å². The molecule has 4 N–H and O–H groups in total. The fraction of sp³-hybridized carbons (Fsp3) is 0.533. The normalized spacial score (nSPS) is 23.8. The summed E-state index contributed by atoms with van der Waals surface area (Å²) in [6.07, 6.45) is 3.56. The number of carbonyl (C=O) groups excluding carboxylic acids is 1. The number of rotatable bonds is 4.